The average molecular weight is 397 g/mol. The van der Waals surface area contributed by atoms with Gasteiger partial charge in [-0.3, -0.25) is 4.79 Å². The molecule has 0 atom stereocenters. The molecule has 2 heterocycles. The highest BCUT2D eigenvalue weighted by molar-refractivity contribution is 7.98. The van der Waals surface area contributed by atoms with Gasteiger partial charge in [-0.05, 0) is 36.5 Å². The Morgan fingerprint density at radius 1 is 1.11 bits per heavy atom. The molecule has 0 aliphatic carbocycles. The number of thioether (sulfide) groups is 1. The molecule has 0 unspecified atom stereocenters. The number of fused-ring (bicyclic) bond motifs is 1. The summed E-state index contributed by atoms with van der Waals surface area (Å²) in [5, 5.41) is 1.11. The van der Waals surface area contributed by atoms with E-state index in [1.165, 1.54) is 6.07 Å². The van der Waals surface area contributed by atoms with Crippen molar-refractivity contribution in [1.29, 1.82) is 0 Å². The van der Waals surface area contributed by atoms with Crippen LogP contribution in [0.3, 0.4) is 0 Å². The molecule has 1 aromatic heterocycles. The third-order valence-corrected chi connectivity index (χ3v) is 6.63. The van der Waals surface area contributed by atoms with Crippen molar-refractivity contribution in [1.82, 2.24) is 9.47 Å². The van der Waals surface area contributed by atoms with Crippen LogP contribution in [-0.2, 0) is 17.1 Å². The molecule has 0 spiro atoms. The van der Waals surface area contributed by atoms with Gasteiger partial charge in [0.1, 0.15) is 12.4 Å². The predicted molar refractivity (Wildman–Crippen MR) is 113 cm³/mol. The number of carbonyl (C=O) groups excluding carboxylic acids is 1. The number of benzene rings is 2. The molecular formula is C23H25FN2OS. The van der Waals surface area contributed by atoms with Crippen LogP contribution >= 0.6 is 11.8 Å². The molecule has 146 valence electrons. The van der Waals surface area contributed by atoms with Gasteiger partial charge in [-0.1, -0.05) is 43.3 Å². The second kappa shape index (κ2) is 8.39. The van der Waals surface area contributed by atoms with Crippen LogP contribution in [-0.4, -0.2) is 28.5 Å². The molecule has 1 fully saturated rings. The zero-order valence-corrected chi connectivity index (χ0v) is 16.9. The molecular weight excluding hydrogens is 371 g/mol. The molecule has 28 heavy (non-hydrogen) atoms. The molecule has 0 saturated carbocycles. The highest BCUT2D eigenvalue weighted by atomic mass is 32.2. The maximum absolute atomic E-state index is 13.9. The lowest BCUT2D eigenvalue weighted by molar-refractivity contribution is -0.133. The van der Waals surface area contributed by atoms with Crippen LogP contribution in [0.1, 0.15) is 25.3 Å². The number of amides is 1. The number of nitrogens with zero attached hydrogens (tertiary/aromatic N) is 2. The van der Waals surface area contributed by atoms with Crippen molar-refractivity contribution in [3.8, 4) is 0 Å². The van der Waals surface area contributed by atoms with Gasteiger partial charge in [0.25, 0.3) is 0 Å². The fourth-order valence-electron chi connectivity index (χ4n) is 3.73. The topological polar surface area (TPSA) is 25.2 Å². The number of piperidine rings is 1. The Labute approximate surface area is 169 Å². The van der Waals surface area contributed by atoms with Gasteiger partial charge in [0.05, 0.1) is 0 Å². The number of hydrogen-bond donors (Lipinski definition) is 0. The van der Waals surface area contributed by atoms with Crippen LogP contribution in [0, 0.1) is 11.7 Å². The standard InChI is InChI=1S/C23H25FN2OS/c1-17-10-12-25(13-11-17)23(27)15-26-14-22(19-7-3-5-9-21(19)26)28-16-18-6-2-4-8-20(18)24/h2-9,14,17H,10-13,15-16H2,1H3. The first-order valence-electron chi connectivity index (χ1n) is 9.83. The lowest BCUT2D eigenvalue weighted by atomic mass is 9.99. The quantitative estimate of drug-likeness (QED) is 0.545. The minimum Gasteiger partial charge on any atom is -0.341 e. The summed E-state index contributed by atoms with van der Waals surface area (Å²) in [5.74, 6) is 1.28. The third-order valence-electron chi connectivity index (χ3n) is 5.53. The van der Waals surface area contributed by atoms with Gasteiger partial charge in [-0.25, -0.2) is 4.39 Å². The smallest absolute Gasteiger partial charge is 0.242 e. The van der Waals surface area contributed by atoms with Gasteiger partial charge >= 0.3 is 0 Å². The molecule has 5 heteroatoms. The Morgan fingerprint density at radius 3 is 2.61 bits per heavy atom. The van der Waals surface area contributed by atoms with Crippen LogP contribution in [0.25, 0.3) is 10.9 Å². The summed E-state index contributed by atoms with van der Waals surface area (Å²) >= 11 is 1.62. The lowest BCUT2D eigenvalue weighted by Gasteiger charge is -2.30. The minimum atomic E-state index is -0.173. The Kier molecular flexibility index (Phi) is 5.72. The Balaban J connectivity index is 1.53. The largest absolute Gasteiger partial charge is 0.341 e. The number of para-hydroxylation sites is 1. The zero-order valence-electron chi connectivity index (χ0n) is 16.1. The second-order valence-electron chi connectivity index (χ2n) is 7.58. The number of halogens is 1. The van der Waals surface area contributed by atoms with Crippen molar-refractivity contribution in [2.24, 2.45) is 5.92 Å². The zero-order chi connectivity index (χ0) is 19.5. The van der Waals surface area contributed by atoms with Gasteiger partial charge in [-0.15, -0.1) is 11.8 Å². The van der Waals surface area contributed by atoms with Crippen LogP contribution in [0.15, 0.2) is 59.6 Å². The van der Waals surface area contributed by atoms with Crippen molar-refractivity contribution in [3.05, 3.63) is 66.1 Å². The number of hydrogen-bond acceptors (Lipinski definition) is 2. The van der Waals surface area contributed by atoms with Gasteiger partial charge in [0, 0.05) is 40.8 Å². The second-order valence-corrected chi connectivity index (χ2v) is 8.60. The van der Waals surface area contributed by atoms with Crippen LogP contribution in [0.2, 0.25) is 0 Å². The highest BCUT2D eigenvalue weighted by Crippen LogP contribution is 2.32. The van der Waals surface area contributed by atoms with E-state index in [4.69, 9.17) is 0 Å². The van der Waals surface area contributed by atoms with E-state index in [9.17, 15) is 9.18 Å². The van der Waals surface area contributed by atoms with E-state index in [0.29, 0.717) is 23.8 Å². The maximum atomic E-state index is 13.9. The number of aromatic nitrogens is 1. The van der Waals surface area contributed by atoms with E-state index in [0.717, 1.165) is 41.7 Å². The van der Waals surface area contributed by atoms with Crippen molar-refractivity contribution >= 4 is 28.6 Å². The van der Waals surface area contributed by atoms with E-state index in [1.54, 1.807) is 17.8 Å². The summed E-state index contributed by atoms with van der Waals surface area (Å²) in [6.07, 6.45) is 4.21. The molecule has 3 nitrogen and oxygen atoms in total. The molecule has 0 N–H and O–H groups in total. The van der Waals surface area contributed by atoms with Gasteiger partial charge in [0.15, 0.2) is 0 Å². The summed E-state index contributed by atoms with van der Waals surface area (Å²) in [7, 11) is 0. The SMILES string of the molecule is CC1CCN(C(=O)Cn2cc(SCc3ccccc3F)c3ccccc32)CC1. The number of carbonyl (C=O) groups is 1. The Morgan fingerprint density at radius 2 is 1.82 bits per heavy atom. The fourth-order valence-corrected chi connectivity index (χ4v) is 4.81. The molecule has 0 bridgehead atoms. The van der Waals surface area contributed by atoms with Gasteiger partial charge < -0.3 is 9.47 Å². The van der Waals surface area contributed by atoms with Gasteiger partial charge in [0.2, 0.25) is 5.91 Å². The molecule has 1 saturated heterocycles. The summed E-state index contributed by atoms with van der Waals surface area (Å²) in [6.45, 7) is 4.32. The van der Waals surface area contributed by atoms with Crippen LogP contribution in [0.4, 0.5) is 4.39 Å². The molecule has 2 aromatic carbocycles. The highest BCUT2D eigenvalue weighted by Gasteiger charge is 2.21. The summed E-state index contributed by atoms with van der Waals surface area (Å²) in [5.41, 5.74) is 1.75. The Bertz CT molecular complexity index is 976. The summed E-state index contributed by atoms with van der Waals surface area (Å²) < 4.78 is 16.0. The first-order valence-corrected chi connectivity index (χ1v) is 10.8. The normalized spacial score (nSPS) is 15.3. The molecule has 4 rings (SSSR count). The maximum Gasteiger partial charge on any atom is 0.242 e. The molecule has 0 radical (unpaired) electrons. The van der Waals surface area contributed by atoms with E-state index in [1.807, 2.05) is 46.0 Å². The average Bonchev–Trinajstić information content (AvgIpc) is 3.05. The van der Waals surface area contributed by atoms with E-state index in [2.05, 4.69) is 13.0 Å². The van der Waals surface area contributed by atoms with Crippen molar-refractivity contribution in [2.75, 3.05) is 13.1 Å². The van der Waals surface area contributed by atoms with E-state index in [-0.39, 0.29) is 11.7 Å². The Hall–Kier alpha value is -2.27. The van der Waals surface area contributed by atoms with Crippen molar-refractivity contribution in [3.63, 3.8) is 0 Å². The van der Waals surface area contributed by atoms with Crippen LogP contribution < -0.4 is 0 Å². The molecule has 3 aromatic rings. The van der Waals surface area contributed by atoms with Crippen molar-refractivity contribution in [2.45, 2.75) is 37.0 Å². The third kappa shape index (κ3) is 4.09. The van der Waals surface area contributed by atoms with Crippen LogP contribution in [0.5, 0.6) is 0 Å². The lowest BCUT2D eigenvalue weighted by Crippen LogP contribution is -2.39. The van der Waals surface area contributed by atoms with Gasteiger partial charge in [-0.2, -0.15) is 0 Å². The summed E-state index contributed by atoms with van der Waals surface area (Å²) in [6, 6.07) is 15.0. The first kappa shape index (κ1) is 19.1. The monoisotopic (exact) mass is 396 g/mol. The molecule has 1 aliphatic heterocycles. The number of likely N-dealkylation sites (tertiary alicyclic amines) is 1. The predicted octanol–water partition coefficient (Wildman–Crippen LogP) is 5.33. The van der Waals surface area contributed by atoms with E-state index >= 15 is 0 Å². The first-order chi connectivity index (χ1) is 13.6. The molecule has 1 aliphatic rings. The minimum absolute atomic E-state index is 0.173. The van der Waals surface area contributed by atoms with Crippen molar-refractivity contribution < 1.29 is 9.18 Å². The summed E-state index contributed by atoms with van der Waals surface area (Å²) in [4.78, 5) is 15.9. The molecule has 1 amide bonds. The van der Waals surface area contributed by atoms with E-state index < -0.39 is 0 Å². The fraction of sp³-hybridized carbons (Fsp3) is 0.348. The number of rotatable bonds is 5.